The molecular weight excluding hydrogens is 312 g/mol. The number of fused-ring (bicyclic) bond motifs is 1. The lowest BCUT2D eigenvalue weighted by Gasteiger charge is -2.18. The first-order valence-electron chi connectivity index (χ1n) is 7.08. The molecule has 0 aromatic carbocycles. The first-order chi connectivity index (χ1) is 10.9. The van der Waals surface area contributed by atoms with E-state index in [9.17, 15) is 4.79 Å². The molecule has 0 atom stereocenters. The molecule has 7 heteroatoms. The second-order valence-electron chi connectivity index (χ2n) is 5.92. The van der Waals surface area contributed by atoms with Crippen LogP contribution < -0.4 is 5.32 Å². The van der Waals surface area contributed by atoms with E-state index in [0.29, 0.717) is 5.13 Å². The number of hydrogen-bond acceptors (Lipinski definition) is 6. The van der Waals surface area contributed by atoms with Gasteiger partial charge in [-0.15, -0.1) is 0 Å². The predicted octanol–water partition coefficient (Wildman–Crippen LogP) is 4.10. The van der Waals surface area contributed by atoms with Crippen LogP contribution in [0.2, 0.25) is 0 Å². The normalized spacial score (nSPS) is 11.4. The van der Waals surface area contributed by atoms with Crippen molar-refractivity contribution in [2.45, 2.75) is 26.4 Å². The Morgan fingerprint density at radius 3 is 2.83 bits per heavy atom. The van der Waals surface area contributed by atoms with Crippen LogP contribution >= 0.6 is 11.3 Å². The number of aromatic nitrogens is 3. The smallest absolute Gasteiger partial charge is 0.413 e. The highest BCUT2D eigenvalue weighted by molar-refractivity contribution is 7.19. The van der Waals surface area contributed by atoms with Crippen molar-refractivity contribution in [1.29, 1.82) is 0 Å². The zero-order chi connectivity index (χ0) is 16.4. The van der Waals surface area contributed by atoms with Crippen molar-refractivity contribution >= 4 is 33.5 Å². The van der Waals surface area contributed by atoms with Gasteiger partial charge in [-0.25, -0.2) is 14.8 Å². The van der Waals surface area contributed by atoms with Crippen molar-refractivity contribution in [3.63, 3.8) is 0 Å². The number of pyridine rings is 2. The summed E-state index contributed by atoms with van der Waals surface area (Å²) < 4.78 is 5.21. The molecule has 3 rings (SSSR count). The lowest BCUT2D eigenvalue weighted by atomic mass is 10.2. The van der Waals surface area contributed by atoms with E-state index in [-0.39, 0.29) is 0 Å². The summed E-state index contributed by atoms with van der Waals surface area (Å²) in [6.45, 7) is 5.44. The van der Waals surface area contributed by atoms with Gasteiger partial charge in [0.25, 0.3) is 0 Å². The summed E-state index contributed by atoms with van der Waals surface area (Å²) in [7, 11) is 0. The molecule has 3 aromatic heterocycles. The van der Waals surface area contributed by atoms with Gasteiger partial charge < -0.3 is 4.74 Å². The maximum absolute atomic E-state index is 11.8. The average molecular weight is 328 g/mol. The summed E-state index contributed by atoms with van der Waals surface area (Å²) >= 11 is 1.35. The number of thiazole rings is 1. The third-order valence-electron chi connectivity index (χ3n) is 2.86. The van der Waals surface area contributed by atoms with Gasteiger partial charge in [0.05, 0.1) is 16.1 Å². The molecule has 0 spiro atoms. The van der Waals surface area contributed by atoms with Crippen molar-refractivity contribution in [2.75, 3.05) is 5.32 Å². The zero-order valence-electron chi connectivity index (χ0n) is 13.0. The highest BCUT2D eigenvalue weighted by Gasteiger charge is 2.17. The number of carbonyl (C=O) groups excluding carboxylic acids is 1. The second-order valence-corrected chi connectivity index (χ2v) is 6.95. The fourth-order valence-electron chi connectivity index (χ4n) is 1.94. The summed E-state index contributed by atoms with van der Waals surface area (Å²) in [5, 5.41) is 4.09. The molecule has 0 radical (unpaired) electrons. The van der Waals surface area contributed by atoms with Gasteiger partial charge in [0.2, 0.25) is 0 Å². The minimum Gasteiger partial charge on any atom is -0.444 e. The summed E-state index contributed by atoms with van der Waals surface area (Å²) in [5.74, 6) is 0. The number of anilines is 1. The Morgan fingerprint density at radius 2 is 2.04 bits per heavy atom. The average Bonchev–Trinajstić information content (AvgIpc) is 2.93. The standard InChI is InChI=1S/C16H16N4O2S/c1-16(2,3)22-15(21)20-14-18-9-13(23-14)12-5-4-10-8-17-7-6-11(10)19-12/h4-9H,1-3H3,(H,18,20,21). The quantitative estimate of drug-likeness (QED) is 0.766. The summed E-state index contributed by atoms with van der Waals surface area (Å²) in [6.07, 6.45) is 4.65. The molecular formula is C16H16N4O2S. The van der Waals surface area contributed by atoms with Crippen LogP contribution in [0.4, 0.5) is 9.93 Å². The minimum atomic E-state index is -0.544. The SMILES string of the molecule is CC(C)(C)OC(=O)Nc1ncc(-c2ccc3cnccc3n2)s1. The highest BCUT2D eigenvalue weighted by Crippen LogP contribution is 2.29. The van der Waals surface area contributed by atoms with Gasteiger partial charge in [0.1, 0.15) is 5.60 Å². The number of ether oxygens (including phenoxy) is 1. The Morgan fingerprint density at radius 1 is 1.22 bits per heavy atom. The van der Waals surface area contributed by atoms with Crippen LogP contribution in [0.1, 0.15) is 20.8 Å². The van der Waals surface area contributed by atoms with Crippen molar-refractivity contribution in [2.24, 2.45) is 0 Å². The van der Waals surface area contributed by atoms with E-state index >= 15 is 0 Å². The van der Waals surface area contributed by atoms with E-state index in [0.717, 1.165) is 21.5 Å². The fourth-order valence-corrected chi connectivity index (χ4v) is 2.72. The van der Waals surface area contributed by atoms with Crippen molar-refractivity contribution in [3.8, 4) is 10.6 Å². The molecule has 0 saturated carbocycles. The van der Waals surface area contributed by atoms with E-state index in [1.807, 2.05) is 39.0 Å². The van der Waals surface area contributed by atoms with Crippen molar-refractivity contribution in [3.05, 3.63) is 36.8 Å². The molecule has 0 bridgehead atoms. The van der Waals surface area contributed by atoms with Crippen molar-refractivity contribution < 1.29 is 9.53 Å². The van der Waals surface area contributed by atoms with E-state index in [4.69, 9.17) is 4.74 Å². The molecule has 0 aliphatic rings. The van der Waals surface area contributed by atoms with Gasteiger partial charge >= 0.3 is 6.09 Å². The fraction of sp³-hybridized carbons (Fsp3) is 0.250. The molecule has 1 amide bonds. The van der Waals surface area contributed by atoms with Gasteiger partial charge in [-0.1, -0.05) is 11.3 Å². The monoisotopic (exact) mass is 328 g/mol. The van der Waals surface area contributed by atoms with Crippen LogP contribution in [-0.4, -0.2) is 26.6 Å². The van der Waals surface area contributed by atoms with Crippen LogP contribution in [0.25, 0.3) is 21.5 Å². The van der Waals surface area contributed by atoms with E-state index in [1.54, 1.807) is 18.6 Å². The molecule has 118 valence electrons. The molecule has 0 saturated heterocycles. The molecule has 23 heavy (non-hydrogen) atoms. The van der Waals surface area contributed by atoms with Crippen molar-refractivity contribution in [1.82, 2.24) is 15.0 Å². The Hall–Kier alpha value is -2.54. The number of nitrogens with zero attached hydrogens (tertiary/aromatic N) is 3. The third-order valence-corrected chi connectivity index (χ3v) is 3.79. The molecule has 1 N–H and O–H groups in total. The number of nitrogens with one attached hydrogen (secondary N) is 1. The molecule has 3 aromatic rings. The van der Waals surface area contributed by atoms with Crippen LogP contribution in [0, 0.1) is 0 Å². The van der Waals surface area contributed by atoms with E-state index < -0.39 is 11.7 Å². The predicted molar refractivity (Wildman–Crippen MR) is 90.5 cm³/mol. The van der Waals surface area contributed by atoms with Gasteiger partial charge in [0, 0.05) is 24.0 Å². The van der Waals surface area contributed by atoms with Gasteiger partial charge in [-0.05, 0) is 39.0 Å². The van der Waals surface area contributed by atoms with E-state index in [2.05, 4.69) is 20.3 Å². The van der Waals surface area contributed by atoms with E-state index in [1.165, 1.54) is 11.3 Å². The second kappa shape index (κ2) is 5.92. The maximum Gasteiger partial charge on any atom is 0.413 e. The minimum absolute atomic E-state index is 0.478. The molecule has 0 fully saturated rings. The lowest BCUT2D eigenvalue weighted by Crippen LogP contribution is -2.27. The van der Waals surface area contributed by atoms with Crippen LogP contribution in [0.5, 0.6) is 0 Å². The van der Waals surface area contributed by atoms with Crippen LogP contribution in [0.3, 0.4) is 0 Å². The molecule has 0 aliphatic carbocycles. The zero-order valence-corrected chi connectivity index (χ0v) is 13.8. The van der Waals surface area contributed by atoms with Gasteiger partial charge in [0.15, 0.2) is 5.13 Å². The Labute approximate surface area is 137 Å². The first-order valence-corrected chi connectivity index (χ1v) is 7.89. The Bertz CT molecular complexity index is 854. The molecule has 0 unspecified atom stereocenters. The topological polar surface area (TPSA) is 77.0 Å². The number of amides is 1. The summed E-state index contributed by atoms with van der Waals surface area (Å²) in [4.78, 5) is 25.5. The number of carbonyl (C=O) groups is 1. The Balaban J connectivity index is 1.79. The number of rotatable bonds is 2. The molecule has 0 aliphatic heterocycles. The van der Waals surface area contributed by atoms with Crippen LogP contribution in [0.15, 0.2) is 36.8 Å². The highest BCUT2D eigenvalue weighted by atomic mass is 32.1. The molecule has 6 nitrogen and oxygen atoms in total. The Kier molecular flexibility index (Phi) is 3.96. The maximum atomic E-state index is 11.8. The third kappa shape index (κ3) is 3.81. The van der Waals surface area contributed by atoms with Gasteiger partial charge in [-0.3, -0.25) is 10.3 Å². The lowest BCUT2D eigenvalue weighted by molar-refractivity contribution is 0.0636. The van der Waals surface area contributed by atoms with Gasteiger partial charge in [-0.2, -0.15) is 0 Å². The summed E-state index contributed by atoms with van der Waals surface area (Å²) in [5.41, 5.74) is 1.13. The molecule has 3 heterocycles. The number of hydrogen-bond donors (Lipinski definition) is 1. The summed E-state index contributed by atoms with van der Waals surface area (Å²) in [6, 6.07) is 5.74. The first kappa shape index (κ1) is 15.4. The van der Waals surface area contributed by atoms with Crippen LogP contribution in [-0.2, 0) is 4.74 Å². The largest absolute Gasteiger partial charge is 0.444 e.